The van der Waals surface area contributed by atoms with Crippen LogP contribution in [0.2, 0.25) is 5.02 Å². The number of nitrogens with one attached hydrogen (secondary N) is 1. The van der Waals surface area contributed by atoms with Crippen LogP contribution in [0.25, 0.3) is 0 Å². The second-order valence-corrected chi connectivity index (χ2v) is 4.35. The largest absolute Gasteiger partial charge is 0.495 e. The molecule has 96 valence electrons. The highest BCUT2D eigenvalue weighted by Crippen LogP contribution is 2.33. The molecule has 5 heteroatoms. The first-order chi connectivity index (χ1) is 9.15. The van der Waals surface area contributed by atoms with E-state index in [9.17, 15) is 0 Å². The number of anilines is 2. The summed E-state index contributed by atoms with van der Waals surface area (Å²) in [5.74, 6) is 0.614. The predicted octanol–water partition coefficient (Wildman–Crippen LogP) is 3.67. The Hall–Kier alpha value is -2.25. The molecule has 19 heavy (non-hydrogen) atoms. The molecule has 1 N–H and O–H groups in total. The first-order valence-electron chi connectivity index (χ1n) is 5.62. The van der Waals surface area contributed by atoms with Gasteiger partial charge in [-0.25, -0.2) is 4.98 Å². The molecule has 0 unspecified atom stereocenters. The lowest BCUT2D eigenvalue weighted by atomic mass is 10.2. The summed E-state index contributed by atoms with van der Waals surface area (Å²) in [6, 6.07) is 9.20. The minimum Gasteiger partial charge on any atom is -0.495 e. The Labute approximate surface area is 116 Å². The van der Waals surface area contributed by atoms with Crippen LogP contribution in [0.4, 0.5) is 11.4 Å². The van der Waals surface area contributed by atoms with Crippen LogP contribution in [0.3, 0.4) is 0 Å². The highest BCUT2D eigenvalue weighted by atomic mass is 35.5. The molecular weight excluding hydrogens is 262 g/mol. The van der Waals surface area contributed by atoms with E-state index in [1.807, 2.05) is 19.1 Å². The van der Waals surface area contributed by atoms with Crippen LogP contribution in [-0.2, 0) is 0 Å². The number of aromatic nitrogens is 1. The molecule has 4 nitrogen and oxygen atoms in total. The summed E-state index contributed by atoms with van der Waals surface area (Å²) in [5.41, 5.74) is 2.63. The molecule has 0 saturated heterocycles. The van der Waals surface area contributed by atoms with E-state index in [0.29, 0.717) is 22.2 Å². The van der Waals surface area contributed by atoms with Crippen molar-refractivity contribution in [3.8, 4) is 11.8 Å². The molecule has 1 aromatic carbocycles. The number of methoxy groups -OCH3 is 1. The van der Waals surface area contributed by atoms with Gasteiger partial charge in [0.15, 0.2) is 5.69 Å². The summed E-state index contributed by atoms with van der Waals surface area (Å²) in [6.07, 6.45) is 1.58. The monoisotopic (exact) mass is 273 g/mol. The molecule has 1 aromatic heterocycles. The second kappa shape index (κ2) is 5.59. The quantitative estimate of drug-likeness (QED) is 0.927. The van der Waals surface area contributed by atoms with E-state index in [-0.39, 0.29) is 0 Å². The fourth-order valence-electron chi connectivity index (χ4n) is 1.67. The number of nitriles is 1. The molecule has 2 aromatic rings. The van der Waals surface area contributed by atoms with Gasteiger partial charge in [0.2, 0.25) is 0 Å². The van der Waals surface area contributed by atoms with Crippen LogP contribution in [-0.4, -0.2) is 12.1 Å². The van der Waals surface area contributed by atoms with Gasteiger partial charge in [0.1, 0.15) is 11.8 Å². The summed E-state index contributed by atoms with van der Waals surface area (Å²) < 4.78 is 5.28. The maximum absolute atomic E-state index is 9.02. The zero-order chi connectivity index (χ0) is 13.8. The minimum atomic E-state index is 0.331. The molecule has 0 spiro atoms. The van der Waals surface area contributed by atoms with Crippen molar-refractivity contribution in [2.24, 2.45) is 0 Å². The third-order valence-electron chi connectivity index (χ3n) is 2.66. The van der Waals surface area contributed by atoms with E-state index < -0.39 is 0 Å². The molecule has 0 aliphatic carbocycles. The molecule has 0 amide bonds. The van der Waals surface area contributed by atoms with E-state index in [2.05, 4.69) is 10.3 Å². The SMILES string of the molecule is COc1cc(Cl)c(C)cc1Nc1cccnc1C#N. The highest BCUT2D eigenvalue weighted by molar-refractivity contribution is 6.31. The average molecular weight is 274 g/mol. The fourth-order valence-corrected chi connectivity index (χ4v) is 1.82. The smallest absolute Gasteiger partial charge is 0.163 e. The first kappa shape index (κ1) is 13.2. The van der Waals surface area contributed by atoms with Gasteiger partial charge in [0.05, 0.1) is 18.5 Å². The van der Waals surface area contributed by atoms with Crippen LogP contribution >= 0.6 is 11.6 Å². The van der Waals surface area contributed by atoms with Crippen molar-refractivity contribution in [3.05, 3.63) is 46.7 Å². The topological polar surface area (TPSA) is 57.9 Å². The third-order valence-corrected chi connectivity index (χ3v) is 3.07. The molecule has 2 rings (SSSR count). The number of hydrogen-bond donors (Lipinski definition) is 1. The lowest BCUT2D eigenvalue weighted by molar-refractivity contribution is 0.417. The number of pyridine rings is 1. The molecule has 0 aliphatic rings. The Kier molecular flexibility index (Phi) is 3.88. The zero-order valence-electron chi connectivity index (χ0n) is 10.6. The van der Waals surface area contributed by atoms with Crippen molar-refractivity contribution >= 4 is 23.0 Å². The first-order valence-corrected chi connectivity index (χ1v) is 5.99. The van der Waals surface area contributed by atoms with Gasteiger partial charge in [0.25, 0.3) is 0 Å². The Morgan fingerprint density at radius 2 is 2.16 bits per heavy atom. The molecule has 0 fully saturated rings. The summed E-state index contributed by atoms with van der Waals surface area (Å²) in [4.78, 5) is 4.00. The normalized spacial score (nSPS) is 9.79. The van der Waals surface area contributed by atoms with E-state index in [1.165, 1.54) is 0 Å². The van der Waals surface area contributed by atoms with Gasteiger partial charge in [-0.15, -0.1) is 0 Å². The summed E-state index contributed by atoms with van der Waals surface area (Å²) in [5, 5.41) is 12.8. The van der Waals surface area contributed by atoms with Crippen molar-refractivity contribution in [3.63, 3.8) is 0 Å². The number of halogens is 1. The molecule has 0 saturated carbocycles. The second-order valence-electron chi connectivity index (χ2n) is 3.94. The van der Waals surface area contributed by atoms with Crippen LogP contribution < -0.4 is 10.1 Å². The van der Waals surface area contributed by atoms with Gasteiger partial charge in [-0.1, -0.05) is 11.6 Å². The molecule has 0 bridgehead atoms. The molecule has 1 heterocycles. The van der Waals surface area contributed by atoms with Gasteiger partial charge in [-0.05, 0) is 30.7 Å². The van der Waals surface area contributed by atoms with Crippen molar-refractivity contribution < 1.29 is 4.74 Å². The van der Waals surface area contributed by atoms with Crippen LogP contribution in [0, 0.1) is 18.3 Å². The number of nitrogens with zero attached hydrogens (tertiary/aromatic N) is 2. The number of hydrogen-bond acceptors (Lipinski definition) is 4. The fraction of sp³-hybridized carbons (Fsp3) is 0.143. The highest BCUT2D eigenvalue weighted by Gasteiger charge is 2.09. The maximum atomic E-state index is 9.02. The van der Waals surface area contributed by atoms with Crippen molar-refractivity contribution in [2.45, 2.75) is 6.92 Å². The van der Waals surface area contributed by atoms with Crippen LogP contribution in [0.15, 0.2) is 30.5 Å². The zero-order valence-corrected chi connectivity index (χ0v) is 11.3. The van der Waals surface area contributed by atoms with Crippen molar-refractivity contribution in [1.82, 2.24) is 4.98 Å². The Morgan fingerprint density at radius 1 is 1.37 bits per heavy atom. The van der Waals surface area contributed by atoms with Gasteiger partial charge in [-0.2, -0.15) is 5.26 Å². The maximum Gasteiger partial charge on any atom is 0.163 e. The molecule has 0 aliphatic heterocycles. The Bertz CT molecular complexity index is 650. The number of benzene rings is 1. The Balaban J connectivity index is 2.44. The number of rotatable bonds is 3. The van der Waals surface area contributed by atoms with Gasteiger partial charge >= 0.3 is 0 Å². The van der Waals surface area contributed by atoms with Gasteiger partial charge < -0.3 is 10.1 Å². The summed E-state index contributed by atoms with van der Waals surface area (Å²) >= 11 is 6.05. The van der Waals surface area contributed by atoms with Crippen molar-refractivity contribution in [1.29, 1.82) is 5.26 Å². The van der Waals surface area contributed by atoms with E-state index in [0.717, 1.165) is 11.3 Å². The van der Waals surface area contributed by atoms with E-state index >= 15 is 0 Å². The van der Waals surface area contributed by atoms with Crippen LogP contribution in [0.1, 0.15) is 11.3 Å². The van der Waals surface area contributed by atoms with E-state index in [4.69, 9.17) is 21.6 Å². The summed E-state index contributed by atoms with van der Waals surface area (Å²) in [7, 11) is 1.57. The molecule has 0 atom stereocenters. The average Bonchev–Trinajstić information content (AvgIpc) is 2.43. The number of aryl methyl sites for hydroxylation is 1. The third kappa shape index (κ3) is 2.78. The Morgan fingerprint density at radius 3 is 2.84 bits per heavy atom. The summed E-state index contributed by atoms with van der Waals surface area (Å²) in [6.45, 7) is 1.90. The van der Waals surface area contributed by atoms with Gasteiger partial charge in [0, 0.05) is 17.3 Å². The number of ether oxygens (including phenoxy) is 1. The lowest BCUT2D eigenvalue weighted by Gasteiger charge is -2.13. The van der Waals surface area contributed by atoms with E-state index in [1.54, 1.807) is 31.5 Å². The predicted molar refractivity (Wildman–Crippen MR) is 75.0 cm³/mol. The van der Waals surface area contributed by atoms with Crippen LogP contribution in [0.5, 0.6) is 5.75 Å². The van der Waals surface area contributed by atoms with Crippen molar-refractivity contribution in [2.75, 3.05) is 12.4 Å². The molecule has 0 radical (unpaired) electrons. The standard InChI is InChI=1S/C14H12ClN3O/c1-9-6-12(14(19-2)7-10(9)15)18-11-4-3-5-17-13(11)8-16/h3-7,18H,1-2H3. The van der Waals surface area contributed by atoms with Gasteiger partial charge in [-0.3, -0.25) is 0 Å². The lowest BCUT2D eigenvalue weighted by Crippen LogP contribution is -1.98. The minimum absolute atomic E-state index is 0.331. The molecular formula is C14H12ClN3O.